The summed E-state index contributed by atoms with van der Waals surface area (Å²) in [4.78, 5) is 4.19. The summed E-state index contributed by atoms with van der Waals surface area (Å²) in [5, 5.41) is 14.5. The van der Waals surface area contributed by atoms with Crippen molar-refractivity contribution in [3.05, 3.63) is 51.5 Å². The van der Waals surface area contributed by atoms with Crippen molar-refractivity contribution >= 4 is 11.3 Å². The molecule has 104 valence electrons. The first kappa shape index (κ1) is 14.6. The molecule has 0 saturated heterocycles. The molecule has 1 aromatic heterocycles. The van der Waals surface area contributed by atoms with E-state index in [1.165, 1.54) is 0 Å². The van der Waals surface area contributed by atoms with Gasteiger partial charge in [-0.05, 0) is 12.1 Å². The fourth-order valence-electron chi connectivity index (χ4n) is 1.82. The highest BCUT2D eigenvalue weighted by Gasteiger charge is 2.12. The van der Waals surface area contributed by atoms with E-state index >= 15 is 0 Å². The second-order valence-corrected chi connectivity index (χ2v) is 5.36. The van der Waals surface area contributed by atoms with Gasteiger partial charge in [-0.1, -0.05) is 6.92 Å². The van der Waals surface area contributed by atoms with Gasteiger partial charge in [-0.25, -0.2) is 13.8 Å². The summed E-state index contributed by atoms with van der Waals surface area (Å²) in [5.74, 6) is -1.22. The van der Waals surface area contributed by atoms with E-state index in [-0.39, 0.29) is 23.6 Å². The number of benzene rings is 1. The highest BCUT2D eigenvalue weighted by atomic mass is 32.1. The Morgan fingerprint density at radius 3 is 2.65 bits per heavy atom. The third-order valence-electron chi connectivity index (χ3n) is 2.90. The van der Waals surface area contributed by atoms with Gasteiger partial charge in [-0.2, -0.15) is 5.26 Å². The van der Waals surface area contributed by atoms with Gasteiger partial charge in [0.1, 0.15) is 11.6 Å². The van der Waals surface area contributed by atoms with Gasteiger partial charge in [0.15, 0.2) is 0 Å². The molecule has 0 spiro atoms. The van der Waals surface area contributed by atoms with Crippen molar-refractivity contribution in [3.63, 3.8) is 0 Å². The largest absolute Gasteiger partial charge is 0.312 e. The fourth-order valence-corrected chi connectivity index (χ4v) is 2.51. The van der Waals surface area contributed by atoms with Crippen molar-refractivity contribution in [1.82, 2.24) is 10.3 Å². The standard InChI is InChI=1S/C14H13F2N3S/c1-9(14-19-2-3-20-14)7-18-8-11-12(15)4-10(6-17)5-13(11)16/h2-5,9,18H,7-8H2,1H3. The van der Waals surface area contributed by atoms with E-state index in [9.17, 15) is 8.78 Å². The van der Waals surface area contributed by atoms with Crippen molar-refractivity contribution < 1.29 is 8.78 Å². The monoisotopic (exact) mass is 293 g/mol. The first-order chi connectivity index (χ1) is 9.61. The van der Waals surface area contributed by atoms with Crippen molar-refractivity contribution in [2.75, 3.05) is 6.54 Å². The summed E-state index contributed by atoms with van der Waals surface area (Å²) in [6, 6.07) is 3.81. The Morgan fingerprint density at radius 2 is 2.10 bits per heavy atom. The number of nitriles is 1. The number of nitrogens with one attached hydrogen (secondary N) is 1. The first-order valence-corrected chi connectivity index (χ1v) is 6.98. The van der Waals surface area contributed by atoms with Crippen LogP contribution in [0.5, 0.6) is 0 Å². The summed E-state index contributed by atoms with van der Waals surface area (Å²) >= 11 is 1.55. The number of hydrogen-bond donors (Lipinski definition) is 1. The van der Waals surface area contributed by atoms with Crippen LogP contribution in [0.25, 0.3) is 0 Å². The molecule has 1 heterocycles. The zero-order valence-electron chi connectivity index (χ0n) is 10.9. The van der Waals surface area contributed by atoms with Crippen LogP contribution in [0, 0.1) is 23.0 Å². The number of nitrogens with zero attached hydrogens (tertiary/aromatic N) is 2. The van der Waals surface area contributed by atoms with Crippen LogP contribution in [0.4, 0.5) is 8.78 Å². The number of aromatic nitrogens is 1. The molecule has 0 radical (unpaired) electrons. The molecule has 0 fully saturated rings. The lowest BCUT2D eigenvalue weighted by atomic mass is 10.1. The molecule has 1 N–H and O–H groups in total. The normalized spacial score (nSPS) is 12.1. The van der Waals surface area contributed by atoms with Gasteiger partial charge in [0, 0.05) is 36.1 Å². The lowest BCUT2D eigenvalue weighted by Gasteiger charge is -2.11. The van der Waals surface area contributed by atoms with Gasteiger partial charge < -0.3 is 5.32 Å². The molecule has 1 unspecified atom stereocenters. The third kappa shape index (κ3) is 3.38. The fraction of sp³-hybridized carbons (Fsp3) is 0.286. The van der Waals surface area contributed by atoms with Gasteiger partial charge in [-0.3, -0.25) is 0 Å². The second kappa shape index (κ2) is 6.55. The number of rotatable bonds is 5. The van der Waals surface area contributed by atoms with E-state index in [0.29, 0.717) is 6.54 Å². The minimum atomic E-state index is -0.698. The zero-order valence-corrected chi connectivity index (χ0v) is 11.7. The van der Waals surface area contributed by atoms with E-state index < -0.39 is 11.6 Å². The molecular formula is C14H13F2N3S. The minimum absolute atomic E-state index is 0.0140. The predicted molar refractivity (Wildman–Crippen MR) is 73.3 cm³/mol. The lowest BCUT2D eigenvalue weighted by molar-refractivity contribution is 0.526. The van der Waals surface area contributed by atoms with E-state index in [2.05, 4.69) is 10.3 Å². The maximum Gasteiger partial charge on any atom is 0.131 e. The first-order valence-electron chi connectivity index (χ1n) is 6.10. The van der Waals surface area contributed by atoms with Crippen LogP contribution in [-0.2, 0) is 6.54 Å². The van der Waals surface area contributed by atoms with Crippen molar-refractivity contribution in [3.8, 4) is 6.07 Å². The average molecular weight is 293 g/mol. The summed E-state index contributed by atoms with van der Waals surface area (Å²) in [6.45, 7) is 2.66. The Hall–Kier alpha value is -1.84. The van der Waals surface area contributed by atoms with E-state index in [1.54, 1.807) is 23.6 Å². The average Bonchev–Trinajstić information content (AvgIpc) is 2.95. The van der Waals surface area contributed by atoms with Gasteiger partial charge in [0.2, 0.25) is 0 Å². The van der Waals surface area contributed by atoms with Crippen LogP contribution >= 0.6 is 11.3 Å². The Kier molecular flexibility index (Phi) is 4.77. The third-order valence-corrected chi connectivity index (χ3v) is 3.90. The summed E-state index contributed by atoms with van der Waals surface area (Å²) in [7, 11) is 0. The highest BCUT2D eigenvalue weighted by Crippen LogP contribution is 2.18. The van der Waals surface area contributed by atoms with E-state index in [1.807, 2.05) is 12.3 Å². The highest BCUT2D eigenvalue weighted by molar-refractivity contribution is 7.09. The Morgan fingerprint density at radius 1 is 1.40 bits per heavy atom. The van der Waals surface area contributed by atoms with Gasteiger partial charge >= 0.3 is 0 Å². The zero-order chi connectivity index (χ0) is 14.5. The number of hydrogen-bond acceptors (Lipinski definition) is 4. The molecular weight excluding hydrogens is 280 g/mol. The molecule has 2 aromatic rings. The lowest BCUT2D eigenvalue weighted by Crippen LogP contribution is -2.21. The molecule has 0 amide bonds. The summed E-state index contributed by atoms with van der Waals surface area (Å²) in [5.41, 5.74) is -0.0600. The van der Waals surface area contributed by atoms with Gasteiger partial charge in [0.25, 0.3) is 0 Å². The minimum Gasteiger partial charge on any atom is -0.312 e. The topological polar surface area (TPSA) is 48.7 Å². The number of halogens is 2. The maximum atomic E-state index is 13.7. The smallest absolute Gasteiger partial charge is 0.131 e. The molecule has 1 aromatic carbocycles. The van der Waals surface area contributed by atoms with Crippen LogP contribution < -0.4 is 5.32 Å². The molecule has 0 aliphatic carbocycles. The van der Waals surface area contributed by atoms with Crippen molar-refractivity contribution in [1.29, 1.82) is 5.26 Å². The maximum absolute atomic E-state index is 13.7. The van der Waals surface area contributed by atoms with Gasteiger partial charge in [0.05, 0.1) is 16.6 Å². The molecule has 3 nitrogen and oxygen atoms in total. The molecule has 0 saturated carbocycles. The predicted octanol–water partition coefficient (Wildman–Crippen LogP) is 3.19. The quantitative estimate of drug-likeness (QED) is 0.921. The van der Waals surface area contributed by atoms with Crippen molar-refractivity contribution in [2.24, 2.45) is 0 Å². The molecule has 0 aliphatic heterocycles. The van der Waals surface area contributed by atoms with Crippen LogP contribution in [0.1, 0.15) is 29.0 Å². The van der Waals surface area contributed by atoms with Crippen LogP contribution in [0.3, 0.4) is 0 Å². The van der Waals surface area contributed by atoms with Crippen LogP contribution in [0.15, 0.2) is 23.7 Å². The molecule has 1 atom stereocenters. The van der Waals surface area contributed by atoms with Crippen LogP contribution in [0.2, 0.25) is 0 Å². The Balaban J connectivity index is 1.96. The molecule has 2 rings (SSSR count). The molecule has 0 bridgehead atoms. The van der Waals surface area contributed by atoms with Crippen LogP contribution in [-0.4, -0.2) is 11.5 Å². The summed E-state index contributed by atoms with van der Waals surface area (Å²) in [6.07, 6.45) is 1.73. The molecule has 20 heavy (non-hydrogen) atoms. The number of thiazole rings is 1. The Labute approximate surface area is 119 Å². The molecule has 0 aliphatic rings. The summed E-state index contributed by atoms with van der Waals surface area (Å²) < 4.78 is 27.3. The molecule has 6 heteroatoms. The van der Waals surface area contributed by atoms with Crippen molar-refractivity contribution in [2.45, 2.75) is 19.4 Å². The SMILES string of the molecule is CC(CNCc1c(F)cc(C#N)cc1F)c1nccs1. The van der Waals surface area contributed by atoms with Gasteiger partial charge in [-0.15, -0.1) is 11.3 Å². The van der Waals surface area contributed by atoms with E-state index in [0.717, 1.165) is 17.1 Å². The Bertz CT molecular complexity index is 597. The second-order valence-electron chi connectivity index (χ2n) is 4.43. The van der Waals surface area contributed by atoms with E-state index in [4.69, 9.17) is 5.26 Å².